The van der Waals surface area contributed by atoms with Crippen molar-refractivity contribution in [3.63, 3.8) is 0 Å². The van der Waals surface area contributed by atoms with Gasteiger partial charge in [-0.25, -0.2) is 0 Å². The van der Waals surface area contributed by atoms with E-state index in [1.807, 2.05) is 18.2 Å². The molecule has 0 aliphatic carbocycles. The molecule has 2 rings (SSSR count). The van der Waals surface area contributed by atoms with Crippen molar-refractivity contribution < 1.29 is 9.59 Å². The minimum absolute atomic E-state index is 0.0279. The first-order chi connectivity index (χ1) is 9.11. The molecule has 1 aliphatic heterocycles. The molecule has 1 saturated heterocycles. The molecule has 0 spiro atoms. The summed E-state index contributed by atoms with van der Waals surface area (Å²) in [5.41, 5.74) is 1.43. The second-order valence-electron chi connectivity index (χ2n) is 4.78. The lowest BCUT2D eigenvalue weighted by Crippen LogP contribution is -2.48. The zero-order valence-electron chi connectivity index (χ0n) is 11.3. The van der Waals surface area contributed by atoms with Crippen LogP contribution in [0.4, 0.5) is 5.69 Å². The minimum Gasteiger partial charge on any atom is -0.387 e. The molecule has 1 unspecified atom stereocenters. The SMILES string of the molecule is CNc1ccccc1C(=O)NC1CCC(=O)N(C)C1. The molecule has 2 N–H and O–H groups in total. The van der Waals surface area contributed by atoms with E-state index in [9.17, 15) is 9.59 Å². The number of likely N-dealkylation sites (tertiary alicyclic amines) is 1. The van der Waals surface area contributed by atoms with Crippen molar-refractivity contribution in [3.8, 4) is 0 Å². The summed E-state index contributed by atoms with van der Waals surface area (Å²) in [6, 6.07) is 7.41. The predicted octanol–water partition coefficient (Wildman–Crippen LogP) is 1.08. The summed E-state index contributed by atoms with van der Waals surface area (Å²) in [6.07, 6.45) is 1.20. The number of hydrogen-bond acceptors (Lipinski definition) is 3. The molecule has 0 saturated carbocycles. The fourth-order valence-electron chi connectivity index (χ4n) is 2.29. The Labute approximate surface area is 113 Å². The number of carbonyl (C=O) groups is 2. The van der Waals surface area contributed by atoms with Gasteiger partial charge in [0.05, 0.1) is 5.56 Å². The Hall–Kier alpha value is -2.04. The Bertz CT molecular complexity index is 487. The number of para-hydroxylation sites is 1. The average molecular weight is 261 g/mol. The summed E-state index contributed by atoms with van der Waals surface area (Å²) in [4.78, 5) is 25.3. The van der Waals surface area contributed by atoms with Gasteiger partial charge in [0.1, 0.15) is 0 Å². The third-order valence-corrected chi connectivity index (χ3v) is 3.40. The van der Waals surface area contributed by atoms with Gasteiger partial charge in [0, 0.05) is 38.8 Å². The molecule has 2 amide bonds. The highest BCUT2D eigenvalue weighted by Gasteiger charge is 2.24. The fraction of sp³-hybridized carbons (Fsp3) is 0.429. The number of amides is 2. The van der Waals surface area contributed by atoms with Crippen LogP contribution in [0, 0.1) is 0 Å². The van der Waals surface area contributed by atoms with Crippen molar-refractivity contribution in [1.82, 2.24) is 10.2 Å². The highest BCUT2D eigenvalue weighted by atomic mass is 16.2. The van der Waals surface area contributed by atoms with Gasteiger partial charge in [-0.15, -0.1) is 0 Å². The number of nitrogens with zero attached hydrogens (tertiary/aromatic N) is 1. The molecular formula is C14H19N3O2. The maximum absolute atomic E-state index is 12.2. The van der Waals surface area contributed by atoms with Gasteiger partial charge in [0.25, 0.3) is 5.91 Å². The van der Waals surface area contributed by atoms with Crippen molar-refractivity contribution in [2.45, 2.75) is 18.9 Å². The maximum Gasteiger partial charge on any atom is 0.253 e. The lowest BCUT2D eigenvalue weighted by molar-refractivity contribution is -0.132. The molecule has 0 radical (unpaired) electrons. The normalized spacial score (nSPS) is 19.2. The van der Waals surface area contributed by atoms with Crippen LogP contribution < -0.4 is 10.6 Å². The van der Waals surface area contributed by atoms with Crippen molar-refractivity contribution in [3.05, 3.63) is 29.8 Å². The van der Waals surface area contributed by atoms with Crippen LogP contribution in [0.3, 0.4) is 0 Å². The Morgan fingerprint density at radius 2 is 2.11 bits per heavy atom. The van der Waals surface area contributed by atoms with Gasteiger partial charge in [0.2, 0.25) is 5.91 Å². The van der Waals surface area contributed by atoms with E-state index >= 15 is 0 Å². The first-order valence-corrected chi connectivity index (χ1v) is 6.43. The van der Waals surface area contributed by atoms with E-state index in [1.54, 1.807) is 25.1 Å². The number of nitrogens with one attached hydrogen (secondary N) is 2. The van der Waals surface area contributed by atoms with Gasteiger partial charge in [-0.2, -0.15) is 0 Å². The predicted molar refractivity (Wildman–Crippen MR) is 74.1 cm³/mol. The average Bonchev–Trinajstić information content (AvgIpc) is 2.43. The standard InChI is InChI=1S/C14H19N3O2/c1-15-12-6-4-3-5-11(12)14(19)16-10-7-8-13(18)17(2)9-10/h3-6,10,15H,7-9H2,1-2H3,(H,16,19). The van der Waals surface area contributed by atoms with Crippen LogP contribution in [-0.4, -0.2) is 43.4 Å². The zero-order valence-corrected chi connectivity index (χ0v) is 11.3. The van der Waals surface area contributed by atoms with Crippen molar-refractivity contribution in [1.29, 1.82) is 0 Å². The first-order valence-electron chi connectivity index (χ1n) is 6.43. The molecule has 5 nitrogen and oxygen atoms in total. The van der Waals surface area contributed by atoms with Crippen LogP contribution in [0.1, 0.15) is 23.2 Å². The van der Waals surface area contributed by atoms with Gasteiger partial charge >= 0.3 is 0 Å². The van der Waals surface area contributed by atoms with Gasteiger partial charge in [-0.3, -0.25) is 9.59 Å². The summed E-state index contributed by atoms with van der Waals surface area (Å²) in [7, 11) is 3.56. The molecule has 1 aromatic rings. The number of rotatable bonds is 3. The van der Waals surface area contributed by atoms with E-state index < -0.39 is 0 Å². The Kier molecular flexibility index (Phi) is 4.04. The van der Waals surface area contributed by atoms with Crippen molar-refractivity contribution >= 4 is 17.5 Å². The van der Waals surface area contributed by atoms with Crippen LogP contribution in [0.5, 0.6) is 0 Å². The third kappa shape index (κ3) is 3.05. The number of anilines is 1. The van der Waals surface area contributed by atoms with Crippen LogP contribution >= 0.6 is 0 Å². The number of carbonyl (C=O) groups excluding carboxylic acids is 2. The van der Waals surface area contributed by atoms with Crippen LogP contribution in [0.15, 0.2) is 24.3 Å². The largest absolute Gasteiger partial charge is 0.387 e. The summed E-state index contributed by atoms with van der Waals surface area (Å²) in [5.74, 6) is 0.0406. The monoisotopic (exact) mass is 261 g/mol. The van der Waals surface area contributed by atoms with Gasteiger partial charge in [0.15, 0.2) is 0 Å². The second-order valence-corrected chi connectivity index (χ2v) is 4.78. The third-order valence-electron chi connectivity index (χ3n) is 3.40. The van der Waals surface area contributed by atoms with Gasteiger partial charge < -0.3 is 15.5 Å². The lowest BCUT2D eigenvalue weighted by atomic mass is 10.0. The topological polar surface area (TPSA) is 61.4 Å². The van der Waals surface area contributed by atoms with Crippen molar-refractivity contribution in [2.24, 2.45) is 0 Å². The summed E-state index contributed by atoms with van der Waals surface area (Å²) in [6.45, 7) is 0.576. The van der Waals surface area contributed by atoms with E-state index in [0.717, 1.165) is 5.69 Å². The fourth-order valence-corrected chi connectivity index (χ4v) is 2.29. The lowest BCUT2D eigenvalue weighted by Gasteiger charge is -2.30. The van der Waals surface area contributed by atoms with E-state index in [1.165, 1.54) is 0 Å². The van der Waals surface area contributed by atoms with Gasteiger partial charge in [-0.1, -0.05) is 12.1 Å². The van der Waals surface area contributed by atoms with E-state index in [0.29, 0.717) is 24.9 Å². The molecule has 0 bridgehead atoms. The number of benzene rings is 1. The molecule has 1 atom stereocenters. The zero-order chi connectivity index (χ0) is 13.8. The number of piperidine rings is 1. The van der Waals surface area contributed by atoms with Crippen LogP contribution in [0.2, 0.25) is 0 Å². The molecule has 1 aliphatic rings. The van der Waals surface area contributed by atoms with Crippen molar-refractivity contribution in [2.75, 3.05) is 26.0 Å². The Morgan fingerprint density at radius 3 is 2.79 bits per heavy atom. The molecule has 102 valence electrons. The molecule has 19 heavy (non-hydrogen) atoms. The quantitative estimate of drug-likeness (QED) is 0.856. The van der Waals surface area contributed by atoms with Crippen LogP contribution in [0.25, 0.3) is 0 Å². The smallest absolute Gasteiger partial charge is 0.253 e. The minimum atomic E-state index is -0.0994. The van der Waals surface area contributed by atoms with E-state index in [4.69, 9.17) is 0 Å². The highest BCUT2D eigenvalue weighted by Crippen LogP contribution is 2.15. The molecule has 5 heteroatoms. The molecule has 1 aromatic carbocycles. The summed E-state index contributed by atoms with van der Waals surface area (Å²) in [5, 5.41) is 5.99. The first kappa shape index (κ1) is 13.4. The Morgan fingerprint density at radius 1 is 1.37 bits per heavy atom. The highest BCUT2D eigenvalue weighted by molar-refractivity contribution is 5.99. The molecular weight excluding hydrogens is 242 g/mol. The molecule has 0 aromatic heterocycles. The second kappa shape index (κ2) is 5.73. The summed E-state index contributed by atoms with van der Waals surface area (Å²) < 4.78 is 0. The van der Waals surface area contributed by atoms with E-state index in [-0.39, 0.29) is 17.9 Å². The van der Waals surface area contributed by atoms with Gasteiger partial charge in [-0.05, 0) is 18.6 Å². The number of likely N-dealkylation sites (N-methyl/N-ethyl adjacent to an activating group) is 1. The maximum atomic E-state index is 12.2. The van der Waals surface area contributed by atoms with Crippen LogP contribution in [-0.2, 0) is 4.79 Å². The molecule has 1 heterocycles. The Balaban J connectivity index is 2.03. The molecule has 1 fully saturated rings. The van der Waals surface area contributed by atoms with E-state index in [2.05, 4.69) is 10.6 Å². The number of hydrogen-bond donors (Lipinski definition) is 2. The summed E-state index contributed by atoms with van der Waals surface area (Å²) >= 11 is 0.